The summed E-state index contributed by atoms with van der Waals surface area (Å²) in [5.41, 5.74) is 0.803. The number of esters is 1. The number of amides is 1. The molecule has 10 heteroatoms. The van der Waals surface area contributed by atoms with Crippen molar-refractivity contribution in [1.29, 1.82) is 0 Å². The first-order valence-corrected chi connectivity index (χ1v) is 10.3. The van der Waals surface area contributed by atoms with Crippen LogP contribution in [-0.2, 0) is 24.3 Å². The maximum absolute atomic E-state index is 12.3. The van der Waals surface area contributed by atoms with E-state index in [0.29, 0.717) is 10.7 Å². The monoisotopic (exact) mass is 438 g/mol. The maximum atomic E-state index is 12.3. The summed E-state index contributed by atoms with van der Waals surface area (Å²) in [5, 5.41) is 2.94. The fourth-order valence-corrected chi connectivity index (χ4v) is 3.57. The molecule has 0 heterocycles. The van der Waals surface area contributed by atoms with Crippen molar-refractivity contribution < 1.29 is 27.5 Å². The van der Waals surface area contributed by atoms with Crippen LogP contribution >= 0.6 is 11.6 Å². The predicted molar refractivity (Wildman–Crippen MR) is 107 cm³/mol. The molecule has 0 spiro atoms. The number of sulfonamides is 1. The van der Waals surface area contributed by atoms with E-state index in [2.05, 4.69) is 10.0 Å². The summed E-state index contributed by atoms with van der Waals surface area (Å²) in [6, 6.07) is 10.3. The molecular formula is C19H19ClN2O6S. The zero-order valence-electron chi connectivity index (χ0n) is 15.6. The summed E-state index contributed by atoms with van der Waals surface area (Å²) >= 11 is 5.73. The highest BCUT2D eigenvalue weighted by Crippen LogP contribution is 2.14. The largest absolute Gasteiger partial charge is 0.456 e. The van der Waals surface area contributed by atoms with Crippen molar-refractivity contribution in [2.75, 3.05) is 11.9 Å². The first kappa shape index (κ1) is 22.5. The molecule has 0 fully saturated rings. The molecule has 2 N–H and O–H groups in total. The molecule has 8 nitrogen and oxygen atoms in total. The van der Waals surface area contributed by atoms with Gasteiger partial charge in [0.05, 0.1) is 4.90 Å². The number of nitrogens with one attached hydrogen (secondary N) is 2. The molecule has 2 rings (SSSR count). The highest BCUT2D eigenvalue weighted by atomic mass is 35.5. The number of carbonyl (C=O) groups is 3. The number of benzene rings is 2. The molecule has 0 aliphatic carbocycles. The molecule has 154 valence electrons. The molecule has 0 bridgehead atoms. The minimum atomic E-state index is -3.96. The van der Waals surface area contributed by atoms with Gasteiger partial charge in [-0.2, -0.15) is 4.72 Å². The van der Waals surface area contributed by atoms with Gasteiger partial charge in [0.1, 0.15) is 6.04 Å². The van der Waals surface area contributed by atoms with E-state index < -0.39 is 34.4 Å². The van der Waals surface area contributed by atoms with Crippen LogP contribution in [0, 0.1) is 0 Å². The van der Waals surface area contributed by atoms with Gasteiger partial charge in [-0.3, -0.25) is 14.4 Å². The summed E-state index contributed by atoms with van der Waals surface area (Å²) in [6.45, 7) is 2.12. The molecule has 0 aromatic heterocycles. The summed E-state index contributed by atoms with van der Waals surface area (Å²) in [6.07, 6.45) is 0. The lowest BCUT2D eigenvalue weighted by atomic mass is 10.1. The van der Waals surface area contributed by atoms with Gasteiger partial charge in [0.2, 0.25) is 15.9 Å². The average Bonchev–Trinajstić information content (AvgIpc) is 2.66. The molecule has 2 aromatic carbocycles. The van der Waals surface area contributed by atoms with Crippen molar-refractivity contribution in [3.63, 3.8) is 0 Å². The Morgan fingerprint density at radius 3 is 2.17 bits per heavy atom. The van der Waals surface area contributed by atoms with Gasteiger partial charge in [-0.25, -0.2) is 8.42 Å². The number of halogens is 1. The van der Waals surface area contributed by atoms with Crippen LogP contribution in [0.1, 0.15) is 24.2 Å². The van der Waals surface area contributed by atoms with E-state index in [1.165, 1.54) is 50.2 Å². The summed E-state index contributed by atoms with van der Waals surface area (Å²) in [5.74, 6) is -1.61. The van der Waals surface area contributed by atoms with Gasteiger partial charge in [-0.1, -0.05) is 11.6 Å². The lowest BCUT2D eigenvalue weighted by Gasteiger charge is -2.13. The fraction of sp³-hybridized carbons (Fsp3) is 0.211. The van der Waals surface area contributed by atoms with E-state index in [1.807, 2.05) is 0 Å². The van der Waals surface area contributed by atoms with E-state index in [0.717, 1.165) is 0 Å². The standard InChI is InChI=1S/C19H19ClN2O6S/c1-12(22-29(26,27)17-9-5-15(20)6-10-17)19(25)28-11-18(24)14-3-7-16(8-4-14)21-13(2)23/h3-10,12,22H,11H2,1-2H3,(H,21,23). The summed E-state index contributed by atoms with van der Waals surface area (Å²) in [4.78, 5) is 35.1. The molecule has 0 aliphatic heterocycles. The Morgan fingerprint density at radius 1 is 1.03 bits per heavy atom. The van der Waals surface area contributed by atoms with Crippen LogP contribution in [0.15, 0.2) is 53.4 Å². The Hall–Kier alpha value is -2.75. The van der Waals surface area contributed by atoms with E-state index in [-0.39, 0.29) is 16.4 Å². The Kier molecular flexibility index (Phi) is 7.49. The minimum absolute atomic E-state index is 0.0584. The number of carbonyl (C=O) groups excluding carboxylic acids is 3. The first-order valence-electron chi connectivity index (χ1n) is 8.44. The molecule has 0 radical (unpaired) electrons. The molecular weight excluding hydrogens is 420 g/mol. The molecule has 1 unspecified atom stereocenters. The number of anilines is 1. The van der Waals surface area contributed by atoms with Gasteiger partial charge in [-0.05, 0) is 55.5 Å². The van der Waals surface area contributed by atoms with Crippen molar-refractivity contribution in [2.24, 2.45) is 0 Å². The van der Waals surface area contributed by atoms with E-state index in [1.54, 1.807) is 12.1 Å². The van der Waals surface area contributed by atoms with Gasteiger partial charge in [0, 0.05) is 23.2 Å². The maximum Gasteiger partial charge on any atom is 0.324 e. The third kappa shape index (κ3) is 6.67. The summed E-state index contributed by atoms with van der Waals surface area (Å²) in [7, 11) is -3.96. The lowest BCUT2D eigenvalue weighted by molar-refractivity contribution is -0.144. The second-order valence-corrected chi connectivity index (χ2v) is 8.24. The Bertz CT molecular complexity index is 1000. The third-order valence-electron chi connectivity index (χ3n) is 3.68. The second kappa shape index (κ2) is 9.64. The van der Waals surface area contributed by atoms with Gasteiger partial charge in [0.15, 0.2) is 12.4 Å². The van der Waals surface area contributed by atoms with Crippen LogP contribution in [0.5, 0.6) is 0 Å². The Balaban J connectivity index is 1.91. The number of hydrogen-bond donors (Lipinski definition) is 2. The number of ketones is 1. The molecule has 0 aliphatic rings. The van der Waals surface area contributed by atoms with E-state index >= 15 is 0 Å². The smallest absolute Gasteiger partial charge is 0.324 e. The van der Waals surface area contributed by atoms with Crippen molar-refractivity contribution in [3.05, 3.63) is 59.1 Å². The molecule has 1 atom stereocenters. The highest BCUT2D eigenvalue weighted by molar-refractivity contribution is 7.89. The van der Waals surface area contributed by atoms with Crippen LogP contribution in [0.2, 0.25) is 5.02 Å². The predicted octanol–water partition coefficient (Wildman–Crippen LogP) is 2.39. The van der Waals surface area contributed by atoms with Gasteiger partial charge >= 0.3 is 5.97 Å². The fourth-order valence-electron chi connectivity index (χ4n) is 2.25. The SMILES string of the molecule is CC(=O)Nc1ccc(C(=O)COC(=O)C(C)NS(=O)(=O)c2ccc(Cl)cc2)cc1. The molecule has 0 saturated carbocycles. The second-order valence-electron chi connectivity index (χ2n) is 6.09. The number of hydrogen-bond acceptors (Lipinski definition) is 6. The average molecular weight is 439 g/mol. The Morgan fingerprint density at radius 2 is 1.62 bits per heavy atom. The molecule has 2 aromatic rings. The van der Waals surface area contributed by atoms with Crippen molar-refractivity contribution in [2.45, 2.75) is 24.8 Å². The number of ether oxygens (including phenoxy) is 1. The quantitative estimate of drug-likeness (QED) is 0.482. The first-order chi connectivity index (χ1) is 13.6. The minimum Gasteiger partial charge on any atom is -0.456 e. The zero-order valence-corrected chi connectivity index (χ0v) is 17.2. The highest BCUT2D eigenvalue weighted by Gasteiger charge is 2.23. The molecule has 0 saturated heterocycles. The zero-order chi connectivity index (χ0) is 21.6. The lowest BCUT2D eigenvalue weighted by Crippen LogP contribution is -2.40. The normalized spacial score (nSPS) is 12.1. The van der Waals surface area contributed by atoms with Crippen LogP contribution in [0.3, 0.4) is 0 Å². The van der Waals surface area contributed by atoms with Gasteiger partial charge in [-0.15, -0.1) is 0 Å². The van der Waals surface area contributed by atoms with E-state index in [4.69, 9.17) is 16.3 Å². The van der Waals surface area contributed by atoms with Gasteiger partial charge < -0.3 is 10.1 Å². The number of rotatable bonds is 8. The topological polar surface area (TPSA) is 119 Å². The van der Waals surface area contributed by atoms with Crippen LogP contribution < -0.4 is 10.0 Å². The molecule has 1 amide bonds. The Labute approximate surface area is 173 Å². The van der Waals surface area contributed by atoms with Crippen molar-refractivity contribution in [1.82, 2.24) is 4.72 Å². The number of Topliss-reactive ketones (excluding diaryl/α,β-unsaturated/α-hetero) is 1. The van der Waals surface area contributed by atoms with Crippen LogP contribution in [0.25, 0.3) is 0 Å². The molecule has 29 heavy (non-hydrogen) atoms. The summed E-state index contributed by atoms with van der Waals surface area (Å²) < 4.78 is 31.6. The van der Waals surface area contributed by atoms with Crippen LogP contribution in [0.4, 0.5) is 5.69 Å². The third-order valence-corrected chi connectivity index (χ3v) is 5.49. The van der Waals surface area contributed by atoms with Gasteiger partial charge in [0.25, 0.3) is 0 Å². The van der Waals surface area contributed by atoms with Crippen LogP contribution in [-0.4, -0.2) is 38.7 Å². The van der Waals surface area contributed by atoms with Crippen molar-refractivity contribution in [3.8, 4) is 0 Å². The van der Waals surface area contributed by atoms with Crippen molar-refractivity contribution >= 4 is 45.0 Å². The van der Waals surface area contributed by atoms with E-state index in [9.17, 15) is 22.8 Å².